The van der Waals surface area contributed by atoms with Crippen molar-refractivity contribution in [1.29, 1.82) is 0 Å². The van der Waals surface area contributed by atoms with Gasteiger partial charge >= 0.3 is 5.97 Å². The smallest absolute Gasteiger partial charge is 0.310 e. The zero-order valence-electron chi connectivity index (χ0n) is 23.0. The van der Waals surface area contributed by atoms with Crippen LogP contribution in [0.15, 0.2) is 11.6 Å². The molecule has 0 amide bonds. The Morgan fingerprint density at radius 1 is 0.917 bits per heavy atom. The summed E-state index contributed by atoms with van der Waals surface area (Å²) >= 11 is 0. The molecule has 0 heterocycles. The van der Waals surface area contributed by atoms with Crippen molar-refractivity contribution in [2.24, 2.45) is 50.2 Å². The number of hydrogen-bond donors (Lipinski definition) is 5. The molecule has 0 aromatic carbocycles. The van der Waals surface area contributed by atoms with E-state index in [1.54, 1.807) is 0 Å². The summed E-state index contributed by atoms with van der Waals surface area (Å²) in [5.74, 6) is -0.842. The number of hydrogen-bond acceptors (Lipinski definition) is 5. The predicted molar refractivity (Wildman–Crippen MR) is 137 cm³/mol. The number of carboxylic acid groups (broad SMARTS) is 1. The summed E-state index contributed by atoms with van der Waals surface area (Å²) in [5, 5.41) is 54.6. The Bertz CT molecular complexity index is 974. The maximum atomic E-state index is 12.8. The third-order valence-electron chi connectivity index (χ3n) is 13.0. The molecule has 0 bridgehead atoms. The van der Waals surface area contributed by atoms with Gasteiger partial charge in [-0.3, -0.25) is 4.79 Å². The van der Waals surface area contributed by atoms with Crippen molar-refractivity contribution in [2.75, 3.05) is 6.61 Å². The van der Waals surface area contributed by atoms with Crippen LogP contribution in [0.5, 0.6) is 0 Å². The minimum atomic E-state index is -1.08. The van der Waals surface area contributed by atoms with Gasteiger partial charge in [0.1, 0.15) is 0 Å². The number of carboxylic acids is 1. The maximum Gasteiger partial charge on any atom is 0.310 e. The lowest BCUT2D eigenvalue weighted by Crippen LogP contribution is -2.71. The second kappa shape index (κ2) is 7.80. The molecule has 5 rings (SSSR count). The Kier molecular flexibility index (Phi) is 5.77. The predicted octanol–water partition coefficient (Wildman–Crippen LogP) is 4.15. The first-order chi connectivity index (χ1) is 16.5. The van der Waals surface area contributed by atoms with Gasteiger partial charge in [0, 0.05) is 11.3 Å². The number of aliphatic carboxylic acids is 1. The summed E-state index contributed by atoms with van der Waals surface area (Å²) in [6.07, 6.45) is 5.27. The van der Waals surface area contributed by atoms with Gasteiger partial charge in [0.25, 0.3) is 0 Å². The summed E-state index contributed by atoms with van der Waals surface area (Å²) in [6.45, 7) is 12.8. The molecule has 6 nitrogen and oxygen atoms in total. The monoisotopic (exact) mass is 504 g/mol. The molecule has 0 aliphatic heterocycles. The molecule has 36 heavy (non-hydrogen) atoms. The fraction of sp³-hybridized carbons (Fsp3) is 0.900. The van der Waals surface area contributed by atoms with Gasteiger partial charge in [-0.1, -0.05) is 53.2 Å². The molecule has 4 fully saturated rings. The van der Waals surface area contributed by atoms with Crippen LogP contribution in [0.1, 0.15) is 92.9 Å². The standard InChI is InChI=1S/C30H48O6/c1-25(2)9-11-30(24(35)36)12-10-28(5)17(18(30)13-25)7-8-21-26(3)14-20(33)23(34)27(4,16-31)22(26)19(32)15-29(21,28)6/h7,18-23,31-34H,8-16H2,1-6H3,(H,35,36)/t18-,19-,20+,21-,22-,23+,26-,27+,28-,29-,30+/m1/s1. The lowest BCUT2D eigenvalue weighted by atomic mass is 9.33. The van der Waals surface area contributed by atoms with Crippen LogP contribution < -0.4 is 0 Å². The molecular weight excluding hydrogens is 456 g/mol. The van der Waals surface area contributed by atoms with Gasteiger partial charge in [0.05, 0.1) is 30.3 Å². The molecule has 5 aliphatic rings. The molecule has 6 heteroatoms. The average molecular weight is 505 g/mol. The highest BCUT2D eigenvalue weighted by molar-refractivity contribution is 5.76. The number of aliphatic hydroxyl groups excluding tert-OH is 4. The minimum Gasteiger partial charge on any atom is -0.481 e. The van der Waals surface area contributed by atoms with Crippen LogP contribution in [0.25, 0.3) is 0 Å². The van der Waals surface area contributed by atoms with E-state index in [1.165, 1.54) is 5.57 Å². The number of rotatable bonds is 2. The van der Waals surface area contributed by atoms with Crippen molar-refractivity contribution in [2.45, 2.75) is 111 Å². The molecular formula is C30H48O6. The minimum absolute atomic E-state index is 0.000534. The number of allylic oxidation sites excluding steroid dienone is 2. The third-order valence-corrected chi connectivity index (χ3v) is 13.0. The van der Waals surface area contributed by atoms with Crippen molar-refractivity contribution >= 4 is 5.97 Å². The average Bonchev–Trinajstić information content (AvgIpc) is 2.77. The van der Waals surface area contributed by atoms with E-state index in [2.05, 4.69) is 40.7 Å². The largest absolute Gasteiger partial charge is 0.481 e. The van der Waals surface area contributed by atoms with Crippen LogP contribution in [0.2, 0.25) is 0 Å². The van der Waals surface area contributed by atoms with Gasteiger partial charge in [-0.15, -0.1) is 0 Å². The van der Waals surface area contributed by atoms with Crippen LogP contribution in [-0.4, -0.2) is 56.4 Å². The number of aliphatic hydroxyl groups is 4. The quantitative estimate of drug-likeness (QED) is 0.361. The molecule has 0 saturated heterocycles. The van der Waals surface area contributed by atoms with E-state index in [-0.39, 0.29) is 40.6 Å². The van der Waals surface area contributed by atoms with Crippen molar-refractivity contribution in [1.82, 2.24) is 0 Å². The summed E-state index contributed by atoms with van der Waals surface area (Å²) in [6, 6.07) is 0. The second-order valence-electron chi connectivity index (χ2n) is 15.2. The highest BCUT2D eigenvalue weighted by Gasteiger charge is 2.72. The summed E-state index contributed by atoms with van der Waals surface area (Å²) in [4.78, 5) is 12.8. The molecule has 0 aromatic rings. The first kappa shape index (κ1) is 26.6. The van der Waals surface area contributed by atoms with Gasteiger partial charge < -0.3 is 25.5 Å². The van der Waals surface area contributed by atoms with Gasteiger partial charge in [-0.25, -0.2) is 0 Å². The zero-order chi connectivity index (χ0) is 26.7. The molecule has 0 radical (unpaired) electrons. The van der Waals surface area contributed by atoms with Crippen LogP contribution in [0, 0.1) is 50.2 Å². The molecule has 5 aliphatic carbocycles. The van der Waals surface area contributed by atoms with Crippen molar-refractivity contribution in [3.63, 3.8) is 0 Å². The maximum absolute atomic E-state index is 12.8. The van der Waals surface area contributed by atoms with Crippen LogP contribution >= 0.6 is 0 Å². The third kappa shape index (κ3) is 3.08. The van der Waals surface area contributed by atoms with Gasteiger partial charge in [0.15, 0.2) is 0 Å². The van der Waals surface area contributed by atoms with E-state index < -0.39 is 40.5 Å². The lowest BCUT2D eigenvalue weighted by Gasteiger charge is -2.72. The molecule has 4 saturated carbocycles. The molecule has 11 atom stereocenters. The Balaban J connectivity index is 1.64. The number of fused-ring (bicyclic) bond motifs is 7. The van der Waals surface area contributed by atoms with Crippen molar-refractivity contribution in [3.8, 4) is 0 Å². The zero-order valence-corrected chi connectivity index (χ0v) is 23.0. The van der Waals surface area contributed by atoms with Gasteiger partial charge in [-0.05, 0) is 84.9 Å². The van der Waals surface area contributed by atoms with Gasteiger partial charge in [0.2, 0.25) is 0 Å². The summed E-state index contributed by atoms with van der Waals surface area (Å²) in [7, 11) is 0. The summed E-state index contributed by atoms with van der Waals surface area (Å²) in [5.41, 5.74) is -1.32. The van der Waals surface area contributed by atoms with Crippen molar-refractivity contribution in [3.05, 3.63) is 11.6 Å². The highest BCUT2D eigenvalue weighted by Crippen LogP contribution is 2.75. The molecule has 204 valence electrons. The van der Waals surface area contributed by atoms with E-state index in [4.69, 9.17) is 0 Å². The number of carbonyl (C=O) groups is 1. The Hall–Kier alpha value is -0.950. The first-order valence-electron chi connectivity index (χ1n) is 14.1. The Morgan fingerprint density at radius 3 is 2.17 bits per heavy atom. The highest BCUT2D eigenvalue weighted by atomic mass is 16.4. The van der Waals surface area contributed by atoms with E-state index in [0.717, 1.165) is 32.1 Å². The van der Waals surface area contributed by atoms with Crippen LogP contribution in [0.3, 0.4) is 0 Å². The van der Waals surface area contributed by atoms with E-state index in [9.17, 15) is 30.3 Å². The van der Waals surface area contributed by atoms with Crippen LogP contribution in [-0.2, 0) is 4.79 Å². The van der Waals surface area contributed by atoms with Crippen molar-refractivity contribution < 1.29 is 30.3 Å². The van der Waals surface area contributed by atoms with E-state index in [1.807, 2.05) is 6.92 Å². The van der Waals surface area contributed by atoms with E-state index in [0.29, 0.717) is 19.3 Å². The normalized spacial score (nSPS) is 55.9. The van der Waals surface area contributed by atoms with E-state index >= 15 is 0 Å². The Labute approximate surface area is 216 Å². The fourth-order valence-corrected chi connectivity index (χ4v) is 10.9. The lowest BCUT2D eigenvalue weighted by molar-refractivity contribution is -0.273. The SMILES string of the molecule is CC1(C)CC[C@]2(C(=O)O)CC[C@]3(C)C(=CC[C@@H]4[C@@]5(C)C[C@H](O)[C@H](O)[C@@](C)(CO)[C@@H]5[C@H](O)C[C@]43C)[C@H]2C1. The second-order valence-corrected chi connectivity index (χ2v) is 15.2. The molecule has 0 unspecified atom stereocenters. The van der Waals surface area contributed by atoms with Crippen LogP contribution in [0.4, 0.5) is 0 Å². The summed E-state index contributed by atoms with van der Waals surface area (Å²) < 4.78 is 0. The molecule has 5 N–H and O–H groups in total. The fourth-order valence-electron chi connectivity index (χ4n) is 10.9. The Morgan fingerprint density at radius 2 is 1.56 bits per heavy atom. The first-order valence-corrected chi connectivity index (χ1v) is 14.1. The van der Waals surface area contributed by atoms with Gasteiger partial charge in [-0.2, -0.15) is 0 Å². The molecule has 0 aromatic heterocycles. The topological polar surface area (TPSA) is 118 Å². The molecule has 0 spiro atoms.